The molecule has 2 aromatic carbocycles. The van der Waals surface area contributed by atoms with Crippen LogP contribution in [0.4, 0.5) is 13.2 Å². The molecule has 2 nitrogen and oxygen atoms in total. The van der Waals surface area contributed by atoms with Crippen LogP contribution in [0.2, 0.25) is 0 Å². The minimum absolute atomic E-state index is 0.0671. The Morgan fingerprint density at radius 1 is 1.05 bits per heavy atom. The minimum Gasteiger partial charge on any atom is -0.491 e. The van der Waals surface area contributed by atoms with Crippen molar-refractivity contribution < 1.29 is 17.9 Å². The lowest BCUT2D eigenvalue weighted by atomic mass is 10.1. The Morgan fingerprint density at radius 3 is 2.33 bits per heavy atom. The lowest BCUT2D eigenvalue weighted by molar-refractivity contribution is 0.262. The van der Waals surface area contributed by atoms with Crippen molar-refractivity contribution in [3.63, 3.8) is 0 Å². The van der Waals surface area contributed by atoms with E-state index in [-0.39, 0.29) is 18.2 Å². The highest BCUT2D eigenvalue weighted by Gasteiger charge is 2.15. The molecule has 0 heterocycles. The van der Waals surface area contributed by atoms with Crippen molar-refractivity contribution in [2.24, 2.45) is 0 Å². The molecule has 1 unspecified atom stereocenters. The summed E-state index contributed by atoms with van der Waals surface area (Å²) in [6.07, 6.45) is 0. The Bertz CT molecular complexity index is 584. The summed E-state index contributed by atoms with van der Waals surface area (Å²) < 4.78 is 45.4. The fourth-order valence-electron chi connectivity index (χ4n) is 2.05. The molecule has 5 heteroatoms. The van der Waals surface area contributed by atoms with Crippen molar-refractivity contribution in [3.05, 3.63) is 65.5 Å². The third-order valence-electron chi connectivity index (χ3n) is 2.98. The number of likely N-dealkylation sites (N-methyl/N-ethyl adjacent to an activating group) is 1. The largest absolute Gasteiger partial charge is 0.491 e. The fourth-order valence-corrected chi connectivity index (χ4v) is 2.05. The number of nitrogens with one attached hydrogen (secondary N) is 1. The molecular formula is C16H16F3NO. The normalized spacial score (nSPS) is 12.2. The zero-order valence-corrected chi connectivity index (χ0v) is 11.6. The summed E-state index contributed by atoms with van der Waals surface area (Å²) in [5.41, 5.74) is 0.455. The van der Waals surface area contributed by atoms with E-state index in [0.29, 0.717) is 12.1 Å². The molecule has 1 atom stereocenters. The molecule has 0 aliphatic heterocycles. The van der Waals surface area contributed by atoms with Crippen LogP contribution < -0.4 is 10.1 Å². The van der Waals surface area contributed by atoms with Crippen LogP contribution in [-0.4, -0.2) is 13.2 Å². The second-order valence-electron chi connectivity index (χ2n) is 4.55. The average molecular weight is 295 g/mol. The Labute approximate surface area is 121 Å². The van der Waals surface area contributed by atoms with E-state index in [1.54, 1.807) is 18.2 Å². The Hall–Kier alpha value is -2.01. The van der Waals surface area contributed by atoms with E-state index in [9.17, 15) is 13.2 Å². The number of halogens is 3. The van der Waals surface area contributed by atoms with E-state index in [0.717, 1.165) is 18.2 Å². The molecule has 0 aliphatic rings. The molecule has 0 aromatic heterocycles. The third-order valence-corrected chi connectivity index (χ3v) is 2.98. The zero-order valence-electron chi connectivity index (χ0n) is 11.6. The quantitative estimate of drug-likeness (QED) is 0.874. The van der Waals surface area contributed by atoms with Crippen LogP contribution in [0.5, 0.6) is 5.75 Å². The Balaban J connectivity index is 2.12. The van der Waals surface area contributed by atoms with E-state index in [2.05, 4.69) is 5.32 Å². The molecule has 0 saturated carbocycles. The fraction of sp³-hybridized carbons (Fsp3) is 0.250. The van der Waals surface area contributed by atoms with Gasteiger partial charge in [-0.2, -0.15) is 0 Å². The summed E-state index contributed by atoms with van der Waals surface area (Å²) in [6.45, 7) is 2.56. The first-order valence-corrected chi connectivity index (χ1v) is 6.67. The van der Waals surface area contributed by atoms with Crippen LogP contribution in [0.15, 0.2) is 42.5 Å². The first kappa shape index (κ1) is 15.4. The van der Waals surface area contributed by atoms with Crippen molar-refractivity contribution in [2.75, 3.05) is 13.2 Å². The van der Waals surface area contributed by atoms with Gasteiger partial charge in [0.25, 0.3) is 0 Å². The molecule has 0 aliphatic carbocycles. The van der Waals surface area contributed by atoms with Crippen LogP contribution in [0, 0.1) is 17.5 Å². The van der Waals surface area contributed by atoms with Crippen molar-refractivity contribution in [2.45, 2.75) is 13.0 Å². The number of ether oxygens (including phenoxy) is 1. The second kappa shape index (κ2) is 7.13. The molecule has 112 valence electrons. The van der Waals surface area contributed by atoms with Gasteiger partial charge in [0.1, 0.15) is 29.8 Å². The molecule has 1 N–H and O–H groups in total. The molecule has 21 heavy (non-hydrogen) atoms. The van der Waals surface area contributed by atoms with E-state index in [4.69, 9.17) is 4.74 Å². The van der Waals surface area contributed by atoms with Crippen molar-refractivity contribution in [1.29, 1.82) is 0 Å². The summed E-state index contributed by atoms with van der Waals surface area (Å²) in [5.74, 6) is -1.70. The average Bonchev–Trinajstić information content (AvgIpc) is 2.43. The SMILES string of the molecule is CCNC(COc1cc(F)cc(F)c1)c1ccccc1F. The highest BCUT2D eigenvalue weighted by Crippen LogP contribution is 2.20. The molecule has 0 amide bonds. The summed E-state index contributed by atoms with van der Waals surface area (Å²) in [7, 11) is 0. The van der Waals surface area contributed by atoms with Crippen molar-refractivity contribution in [3.8, 4) is 5.75 Å². The Kier molecular flexibility index (Phi) is 5.22. The molecule has 0 spiro atoms. The van der Waals surface area contributed by atoms with Gasteiger partial charge in [-0.1, -0.05) is 25.1 Å². The van der Waals surface area contributed by atoms with E-state index in [1.807, 2.05) is 6.92 Å². The summed E-state index contributed by atoms with van der Waals surface area (Å²) in [6, 6.07) is 8.89. The van der Waals surface area contributed by atoms with Crippen LogP contribution in [0.25, 0.3) is 0 Å². The number of rotatable bonds is 6. The smallest absolute Gasteiger partial charge is 0.129 e. The molecular weight excluding hydrogens is 279 g/mol. The molecule has 2 rings (SSSR count). The van der Waals surface area contributed by atoms with Gasteiger partial charge >= 0.3 is 0 Å². The maximum Gasteiger partial charge on any atom is 0.129 e. The minimum atomic E-state index is -0.712. The van der Waals surface area contributed by atoms with E-state index in [1.165, 1.54) is 6.07 Å². The monoisotopic (exact) mass is 295 g/mol. The maximum absolute atomic E-state index is 13.8. The highest BCUT2D eigenvalue weighted by molar-refractivity contribution is 5.25. The van der Waals surface area contributed by atoms with E-state index >= 15 is 0 Å². The van der Waals surface area contributed by atoms with Gasteiger partial charge in [0, 0.05) is 23.8 Å². The van der Waals surface area contributed by atoms with Crippen LogP contribution in [0.3, 0.4) is 0 Å². The second-order valence-corrected chi connectivity index (χ2v) is 4.55. The standard InChI is InChI=1S/C16H16F3NO/c1-2-20-16(14-5-3-4-6-15(14)19)10-21-13-8-11(17)7-12(18)9-13/h3-9,16,20H,2,10H2,1H3. The maximum atomic E-state index is 13.8. The van der Waals surface area contributed by atoms with Gasteiger partial charge in [-0.3, -0.25) is 0 Å². The molecule has 2 aromatic rings. The predicted molar refractivity (Wildman–Crippen MR) is 74.7 cm³/mol. The van der Waals surface area contributed by atoms with Crippen LogP contribution in [-0.2, 0) is 0 Å². The number of hydrogen-bond donors (Lipinski definition) is 1. The van der Waals surface area contributed by atoms with Gasteiger partial charge in [0.15, 0.2) is 0 Å². The summed E-state index contributed by atoms with van der Waals surface area (Å²) in [5, 5.41) is 3.09. The number of hydrogen-bond acceptors (Lipinski definition) is 2. The third kappa shape index (κ3) is 4.23. The first-order valence-electron chi connectivity index (χ1n) is 6.67. The topological polar surface area (TPSA) is 21.3 Å². The lowest BCUT2D eigenvalue weighted by Gasteiger charge is -2.19. The van der Waals surface area contributed by atoms with Crippen LogP contribution in [0.1, 0.15) is 18.5 Å². The highest BCUT2D eigenvalue weighted by atomic mass is 19.1. The number of benzene rings is 2. The van der Waals surface area contributed by atoms with Gasteiger partial charge in [-0.15, -0.1) is 0 Å². The van der Waals surface area contributed by atoms with Crippen LogP contribution >= 0.6 is 0 Å². The van der Waals surface area contributed by atoms with Crippen molar-refractivity contribution >= 4 is 0 Å². The predicted octanol–water partition coefficient (Wildman–Crippen LogP) is 3.83. The molecule has 0 radical (unpaired) electrons. The van der Waals surface area contributed by atoms with Gasteiger partial charge in [-0.25, -0.2) is 13.2 Å². The van der Waals surface area contributed by atoms with Gasteiger partial charge in [0.2, 0.25) is 0 Å². The first-order chi connectivity index (χ1) is 10.1. The summed E-state index contributed by atoms with van der Waals surface area (Å²) >= 11 is 0. The Morgan fingerprint density at radius 2 is 1.71 bits per heavy atom. The summed E-state index contributed by atoms with van der Waals surface area (Å²) in [4.78, 5) is 0. The zero-order chi connectivity index (χ0) is 15.2. The molecule has 0 fully saturated rings. The lowest BCUT2D eigenvalue weighted by Crippen LogP contribution is -2.27. The molecule has 0 bridgehead atoms. The molecule has 0 saturated heterocycles. The van der Waals surface area contributed by atoms with Gasteiger partial charge in [-0.05, 0) is 12.6 Å². The van der Waals surface area contributed by atoms with E-state index < -0.39 is 17.7 Å². The van der Waals surface area contributed by atoms with Gasteiger partial charge in [0.05, 0.1) is 6.04 Å². The van der Waals surface area contributed by atoms with Gasteiger partial charge < -0.3 is 10.1 Å². The van der Waals surface area contributed by atoms with Crippen molar-refractivity contribution in [1.82, 2.24) is 5.32 Å².